The Balaban J connectivity index is 3.68. The second kappa shape index (κ2) is 3.81. The van der Waals surface area contributed by atoms with E-state index in [0.29, 0.717) is 0 Å². The van der Waals surface area contributed by atoms with E-state index in [1.54, 1.807) is 0 Å². The van der Waals surface area contributed by atoms with Crippen molar-refractivity contribution in [1.29, 1.82) is 0 Å². The zero-order valence-corrected chi connectivity index (χ0v) is 9.19. The summed E-state index contributed by atoms with van der Waals surface area (Å²) < 4.78 is 37.4. The third kappa shape index (κ3) is 2.04. The van der Waals surface area contributed by atoms with Gasteiger partial charge in [-0.15, -0.1) is 0 Å². The van der Waals surface area contributed by atoms with E-state index in [-0.39, 0.29) is 5.02 Å². The van der Waals surface area contributed by atoms with Crippen molar-refractivity contribution in [3.05, 3.63) is 20.6 Å². The van der Waals surface area contributed by atoms with Crippen LogP contribution < -0.4 is 11.5 Å². The molecule has 0 saturated carbocycles. The average molecular weight is 279 g/mol. The fourth-order valence-electron chi connectivity index (χ4n) is 0.952. The van der Waals surface area contributed by atoms with Crippen molar-refractivity contribution < 1.29 is 13.2 Å². The van der Waals surface area contributed by atoms with Crippen molar-refractivity contribution >= 4 is 46.2 Å². The molecule has 15 heavy (non-hydrogen) atoms. The molecule has 0 aromatic heterocycles. The lowest BCUT2D eigenvalue weighted by atomic mass is 10.1. The maximum Gasteiger partial charge on any atom is 0.419 e. The lowest BCUT2D eigenvalue weighted by Crippen LogP contribution is -2.10. The number of hydrogen-bond acceptors (Lipinski definition) is 2. The zero-order valence-electron chi connectivity index (χ0n) is 6.92. The fraction of sp³-hybridized carbons (Fsp3) is 0.143. The second-order valence-electron chi connectivity index (χ2n) is 2.64. The topological polar surface area (TPSA) is 52.0 Å². The average Bonchev–Trinajstić information content (AvgIpc) is 2.09. The van der Waals surface area contributed by atoms with Crippen molar-refractivity contribution in [2.75, 3.05) is 11.5 Å². The predicted molar refractivity (Wildman–Crippen MR) is 55.3 cm³/mol. The Morgan fingerprint density at radius 2 is 1.13 bits per heavy atom. The van der Waals surface area contributed by atoms with E-state index < -0.39 is 33.2 Å². The molecular weight excluding hydrogens is 275 g/mol. The summed E-state index contributed by atoms with van der Waals surface area (Å²) in [6.45, 7) is 0. The Hall–Kier alpha value is -0.520. The van der Waals surface area contributed by atoms with Crippen LogP contribution in [0, 0.1) is 0 Å². The maximum absolute atomic E-state index is 12.5. The van der Waals surface area contributed by atoms with Crippen LogP contribution in [-0.2, 0) is 6.18 Å². The van der Waals surface area contributed by atoms with Crippen molar-refractivity contribution in [2.24, 2.45) is 0 Å². The lowest BCUT2D eigenvalue weighted by Gasteiger charge is -2.15. The van der Waals surface area contributed by atoms with Crippen LogP contribution >= 0.6 is 34.8 Å². The Kier molecular flexibility index (Phi) is 3.19. The van der Waals surface area contributed by atoms with Crippen molar-refractivity contribution in [1.82, 2.24) is 0 Å². The number of alkyl halides is 3. The molecule has 1 aromatic rings. The van der Waals surface area contributed by atoms with Crippen LogP contribution in [0.15, 0.2) is 0 Å². The van der Waals surface area contributed by atoms with Gasteiger partial charge in [0.05, 0.1) is 32.0 Å². The molecule has 0 aliphatic rings. The van der Waals surface area contributed by atoms with Gasteiger partial charge in [0.2, 0.25) is 0 Å². The number of nitrogen functional groups attached to an aromatic ring is 2. The van der Waals surface area contributed by atoms with Gasteiger partial charge in [0.25, 0.3) is 0 Å². The molecule has 0 aliphatic carbocycles. The summed E-state index contributed by atoms with van der Waals surface area (Å²) >= 11 is 16.3. The molecule has 0 bridgehead atoms. The predicted octanol–water partition coefficient (Wildman–Crippen LogP) is 3.83. The minimum atomic E-state index is -4.74. The third-order valence-corrected chi connectivity index (χ3v) is 2.86. The minimum Gasteiger partial charge on any atom is -0.396 e. The van der Waals surface area contributed by atoms with Gasteiger partial charge in [0.1, 0.15) is 0 Å². The van der Waals surface area contributed by atoms with Crippen LogP contribution in [0.1, 0.15) is 5.56 Å². The standard InChI is InChI=1S/C7H4Cl3F3N2/c8-2-1(7(11,12)13)3(9)6(15)4(10)5(2)14/h14-15H2. The van der Waals surface area contributed by atoms with Gasteiger partial charge < -0.3 is 11.5 Å². The molecule has 0 heterocycles. The van der Waals surface area contributed by atoms with Crippen LogP contribution in [0.5, 0.6) is 0 Å². The lowest BCUT2D eigenvalue weighted by molar-refractivity contribution is -0.137. The molecule has 0 spiro atoms. The van der Waals surface area contributed by atoms with Crippen LogP contribution in [0.3, 0.4) is 0 Å². The molecule has 0 atom stereocenters. The normalized spacial score (nSPS) is 11.9. The molecule has 0 unspecified atom stereocenters. The van der Waals surface area contributed by atoms with Gasteiger partial charge >= 0.3 is 6.18 Å². The van der Waals surface area contributed by atoms with E-state index in [2.05, 4.69) is 0 Å². The number of hydrogen-bond donors (Lipinski definition) is 2. The van der Waals surface area contributed by atoms with Crippen LogP contribution in [0.25, 0.3) is 0 Å². The quantitative estimate of drug-likeness (QED) is 0.709. The molecule has 0 fully saturated rings. The van der Waals surface area contributed by atoms with E-state index in [1.807, 2.05) is 0 Å². The highest BCUT2D eigenvalue weighted by atomic mass is 35.5. The Morgan fingerprint density at radius 3 is 1.40 bits per heavy atom. The number of benzene rings is 1. The molecule has 0 saturated heterocycles. The summed E-state index contributed by atoms with van der Waals surface area (Å²) in [6.07, 6.45) is -4.74. The van der Waals surface area contributed by atoms with Gasteiger partial charge in [-0.25, -0.2) is 0 Å². The molecule has 4 N–H and O–H groups in total. The molecule has 0 amide bonds. The summed E-state index contributed by atoms with van der Waals surface area (Å²) in [6, 6.07) is 0. The highest BCUT2D eigenvalue weighted by Gasteiger charge is 2.38. The van der Waals surface area contributed by atoms with Crippen molar-refractivity contribution in [3.8, 4) is 0 Å². The molecule has 0 aliphatic heterocycles. The summed E-state index contributed by atoms with van der Waals surface area (Å²) in [5.41, 5.74) is 8.35. The minimum absolute atomic E-state index is 0.280. The summed E-state index contributed by atoms with van der Waals surface area (Å²) in [5, 5.41) is -1.77. The zero-order chi connectivity index (χ0) is 12.0. The van der Waals surface area contributed by atoms with Gasteiger partial charge in [0, 0.05) is 0 Å². The highest BCUT2D eigenvalue weighted by Crippen LogP contribution is 2.48. The summed E-state index contributed by atoms with van der Waals surface area (Å²) in [4.78, 5) is 0. The molecular formula is C7H4Cl3F3N2. The van der Waals surface area contributed by atoms with Crippen LogP contribution in [-0.4, -0.2) is 0 Å². The maximum atomic E-state index is 12.5. The molecule has 1 aromatic carbocycles. The van der Waals surface area contributed by atoms with E-state index >= 15 is 0 Å². The fourth-order valence-corrected chi connectivity index (χ4v) is 1.88. The van der Waals surface area contributed by atoms with E-state index in [4.69, 9.17) is 46.3 Å². The number of halogens is 6. The molecule has 8 heteroatoms. The number of anilines is 2. The van der Waals surface area contributed by atoms with E-state index in [9.17, 15) is 13.2 Å². The van der Waals surface area contributed by atoms with E-state index in [0.717, 1.165) is 0 Å². The monoisotopic (exact) mass is 278 g/mol. The third-order valence-electron chi connectivity index (χ3n) is 1.67. The molecule has 0 radical (unpaired) electrons. The van der Waals surface area contributed by atoms with Gasteiger partial charge in [-0.2, -0.15) is 13.2 Å². The van der Waals surface area contributed by atoms with Crippen molar-refractivity contribution in [2.45, 2.75) is 6.18 Å². The van der Waals surface area contributed by atoms with Gasteiger partial charge in [-0.1, -0.05) is 34.8 Å². The largest absolute Gasteiger partial charge is 0.419 e. The molecule has 1 rings (SSSR count). The van der Waals surface area contributed by atoms with Gasteiger partial charge in [-0.05, 0) is 0 Å². The van der Waals surface area contributed by atoms with Crippen LogP contribution in [0.2, 0.25) is 15.1 Å². The first kappa shape index (κ1) is 12.5. The first-order valence-corrected chi connectivity index (χ1v) is 4.60. The van der Waals surface area contributed by atoms with Crippen LogP contribution in [0.4, 0.5) is 24.5 Å². The Labute approximate surface area is 97.9 Å². The number of rotatable bonds is 0. The SMILES string of the molecule is Nc1c(Cl)c(N)c(Cl)c(C(F)(F)F)c1Cl. The van der Waals surface area contributed by atoms with Gasteiger partial charge in [-0.3, -0.25) is 0 Å². The summed E-state index contributed by atoms with van der Waals surface area (Å²) in [7, 11) is 0. The second-order valence-corrected chi connectivity index (χ2v) is 3.78. The Morgan fingerprint density at radius 1 is 0.800 bits per heavy atom. The first-order valence-electron chi connectivity index (χ1n) is 3.46. The smallest absolute Gasteiger partial charge is 0.396 e. The summed E-state index contributed by atoms with van der Waals surface area (Å²) in [5.74, 6) is 0. The van der Waals surface area contributed by atoms with E-state index in [1.165, 1.54) is 0 Å². The molecule has 2 nitrogen and oxygen atoms in total. The number of nitrogens with two attached hydrogens (primary N) is 2. The van der Waals surface area contributed by atoms with Gasteiger partial charge in [0.15, 0.2) is 0 Å². The Bertz CT molecular complexity index is 388. The highest BCUT2D eigenvalue weighted by molar-refractivity contribution is 6.45. The first-order chi connectivity index (χ1) is 6.68. The molecule has 84 valence electrons. The van der Waals surface area contributed by atoms with Crippen molar-refractivity contribution in [3.63, 3.8) is 0 Å².